The number of aliphatic carboxylic acids is 1. The third kappa shape index (κ3) is 1.82. The fourth-order valence-corrected chi connectivity index (χ4v) is 2.61. The lowest BCUT2D eigenvalue weighted by Crippen LogP contribution is -2.40. The molecule has 2 aromatic heterocycles. The van der Waals surface area contributed by atoms with Gasteiger partial charge < -0.3 is 10.0 Å². The first-order chi connectivity index (χ1) is 9.59. The molecule has 0 aromatic carbocycles. The van der Waals surface area contributed by atoms with Crippen LogP contribution in [0, 0.1) is 0 Å². The minimum Gasteiger partial charge on any atom is -0.480 e. The number of nitrogens with zero attached hydrogens (tertiary/aromatic N) is 4. The van der Waals surface area contributed by atoms with E-state index in [1.54, 1.807) is 30.3 Å². The topological polar surface area (TPSA) is 88.3 Å². The van der Waals surface area contributed by atoms with E-state index in [-0.39, 0.29) is 11.4 Å². The van der Waals surface area contributed by atoms with E-state index in [2.05, 4.69) is 9.97 Å². The van der Waals surface area contributed by atoms with E-state index in [1.807, 2.05) is 0 Å². The van der Waals surface area contributed by atoms with Crippen LogP contribution in [0.15, 0.2) is 23.1 Å². The zero-order valence-electron chi connectivity index (χ0n) is 11.0. The van der Waals surface area contributed by atoms with Gasteiger partial charge in [-0.15, -0.1) is 0 Å². The van der Waals surface area contributed by atoms with E-state index in [1.165, 1.54) is 4.57 Å². The minimum atomic E-state index is -0.919. The zero-order chi connectivity index (χ0) is 14.3. The molecule has 0 unspecified atom stereocenters. The Hall–Kier alpha value is -2.44. The van der Waals surface area contributed by atoms with Crippen molar-refractivity contribution in [2.75, 3.05) is 11.4 Å². The van der Waals surface area contributed by atoms with Gasteiger partial charge in [-0.25, -0.2) is 14.8 Å². The van der Waals surface area contributed by atoms with E-state index in [9.17, 15) is 14.7 Å². The van der Waals surface area contributed by atoms with Crippen molar-refractivity contribution in [1.82, 2.24) is 14.5 Å². The molecular formula is C13H14N4O3. The average molecular weight is 274 g/mol. The summed E-state index contributed by atoms with van der Waals surface area (Å²) in [4.78, 5) is 33.6. The first kappa shape index (κ1) is 12.6. The standard InChI is InChI=1S/C13H14N4O3/c1-16-10-8(4-2-6-14-10)15-11(12(16)18)17-7-3-5-9(17)13(19)20/h2,4,6,9H,3,5,7H2,1H3,(H,19,20)/t9-/m1/s1. The van der Waals surface area contributed by atoms with Crippen LogP contribution in [0.5, 0.6) is 0 Å². The van der Waals surface area contributed by atoms with Crippen LogP contribution in [0.3, 0.4) is 0 Å². The molecule has 20 heavy (non-hydrogen) atoms. The van der Waals surface area contributed by atoms with Crippen molar-refractivity contribution >= 4 is 23.0 Å². The fourth-order valence-electron chi connectivity index (χ4n) is 2.61. The zero-order valence-corrected chi connectivity index (χ0v) is 11.0. The molecule has 7 nitrogen and oxygen atoms in total. The van der Waals surface area contributed by atoms with Crippen LogP contribution in [0.4, 0.5) is 5.82 Å². The predicted octanol–water partition coefficient (Wildman–Crippen LogP) is 0.382. The summed E-state index contributed by atoms with van der Waals surface area (Å²) in [6, 6.07) is 2.82. The van der Waals surface area contributed by atoms with E-state index in [0.717, 1.165) is 6.42 Å². The van der Waals surface area contributed by atoms with Crippen molar-refractivity contribution in [2.45, 2.75) is 18.9 Å². The Kier molecular flexibility index (Phi) is 2.89. The van der Waals surface area contributed by atoms with Crippen LogP contribution in [0.2, 0.25) is 0 Å². The highest BCUT2D eigenvalue weighted by Gasteiger charge is 2.33. The molecular weight excluding hydrogens is 260 g/mol. The summed E-state index contributed by atoms with van der Waals surface area (Å²) >= 11 is 0. The summed E-state index contributed by atoms with van der Waals surface area (Å²) in [5, 5.41) is 9.23. The quantitative estimate of drug-likeness (QED) is 0.851. The summed E-state index contributed by atoms with van der Waals surface area (Å²) in [6.07, 6.45) is 2.87. The van der Waals surface area contributed by atoms with Crippen molar-refractivity contribution < 1.29 is 9.90 Å². The van der Waals surface area contributed by atoms with Gasteiger partial charge in [0.25, 0.3) is 5.56 Å². The molecule has 7 heteroatoms. The van der Waals surface area contributed by atoms with Gasteiger partial charge in [0.05, 0.1) is 0 Å². The SMILES string of the molecule is Cn1c(=O)c(N2CCC[C@@H]2C(=O)O)nc2cccnc21. The summed E-state index contributed by atoms with van der Waals surface area (Å²) in [5.41, 5.74) is 0.761. The van der Waals surface area contributed by atoms with E-state index < -0.39 is 12.0 Å². The van der Waals surface area contributed by atoms with Crippen LogP contribution >= 0.6 is 0 Å². The van der Waals surface area contributed by atoms with Gasteiger partial charge in [-0.1, -0.05) is 0 Å². The number of carbonyl (C=O) groups is 1. The second-order valence-corrected chi connectivity index (χ2v) is 4.84. The molecule has 104 valence electrons. The number of carboxylic acids is 1. The summed E-state index contributed by atoms with van der Waals surface area (Å²) in [5.74, 6) is -0.726. The normalized spacial score (nSPS) is 18.6. The van der Waals surface area contributed by atoms with Gasteiger partial charge in [-0.3, -0.25) is 9.36 Å². The molecule has 0 amide bonds. The molecule has 0 spiro atoms. The first-order valence-corrected chi connectivity index (χ1v) is 6.41. The number of hydrogen-bond donors (Lipinski definition) is 1. The Labute approximate surface area is 114 Å². The molecule has 0 radical (unpaired) electrons. The van der Waals surface area contributed by atoms with Crippen LogP contribution in [-0.2, 0) is 11.8 Å². The van der Waals surface area contributed by atoms with E-state index >= 15 is 0 Å². The second kappa shape index (κ2) is 4.59. The Morgan fingerprint density at radius 3 is 3.05 bits per heavy atom. The maximum atomic E-state index is 12.4. The van der Waals surface area contributed by atoms with Gasteiger partial charge in [-0.05, 0) is 25.0 Å². The van der Waals surface area contributed by atoms with Gasteiger partial charge in [0.1, 0.15) is 11.6 Å². The average Bonchev–Trinajstić information content (AvgIpc) is 2.92. The highest BCUT2D eigenvalue weighted by atomic mass is 16.4. The predicted molar refractivity (Wildman–Crippen MR) is 72.8 cm³/mol. The fraction of sp³-hybridized carbons (Fsp3) is 0.385. The molecule has 0 aliphatic carbocycles. The number of aromatic nitrogens is 3. The van der Waals surface area contributed by atoms with Gasteiger partial charge in [-0.2, -0.15) is 0 Å². The Morgan fingerprint density at radius 2 is 2.30 bits per heavy atom. The molecule has 2 aromatic rings. The number of anilines is 1. The van der Waals surface area contributed by atoms with Gasteiger partial charge in [0.2, 0.25) is 0 Å². The number of carboxylic acid groups (broad SMARTS) is 1. The molecule has 0 saturated carbocycles. The number of hydrogen-bond acceptors (Lipinski definition) is 5. The number of pyridine rings is 1. The second-order valence-electron chi connectivity index (χ2n) is 4.84. The summed E-state index contributed by atoms with van der Waals surface area (Å²) in [7, 11) is 1.62. The third-order valence-electron chi connectivity index (χ3n) is 3.62. The van der Waals surface area contributed by atoms with E-state index in [4.69, 9.17) is 0 Å². The van der Waals surface area contributed by atoms with Crippen LogP contribution in [-0.4, -0.2) is 38.2 Å². The molecule has 3 rings (SSSR count). The number of rotatable bonds is 2. The first-order valence-electron chi connectivity index (χ1n) is 6.41. The molecule has 1 saturated heterocycles. The monoisotopic (exact) mass is 274 g/mol. The molecule has 1 aliphatic rings. The van der Waals surface area contributed by atoms with Crippen LogP contribution in [0.1, 0.15) is 12.8 Å². The maximum absolute atomic E-state index is 12.4. The largest absolute Gasteiger partial charge is 0.480 e. The maximum Gasteiger partial charge on any atom is 0.326 e. The Bertz CT molecular complexity index is 740. The molecule has 1 atom stereocenters. The smallest absolute Gasteiger partial charge is 0.326 e. The third-order valence-corrected chi connectivity index (χ3v) is 3.62. The molecule has 1 N–H and O–H groups in total. The van der Waals surface area contributed by atoms with Crippen LogP contribution < -0.4 is 10.5 Å². The Balaban J connectivity index is 2.19. The lowest BCUT2D eigenvalue weighted by molar-refractivity contribution is -0.138. The highest BCUT2D eigenvalue weighted by Crippen LogP contribution is 2.22. The molecule has 1 fully saturated rings. The number of fused-ring (bicyclic) bond motifs is 1. The van der Waals surface area contributed by atoms with Gasteiger partial charge >= 0.3 is 5.97 Å². The number of aryl methyl sites for hydroxylation is 1. The summed E-state index contributed by atoms with van der Waals surface area (Å²) in [6.45, 7) is 0.533. The van der Waals surface area contributed by atoms with E-state index in [0.29, 0.717) is 24.1 Å². The van der Waals surface area contributed by atoms with Crippen molar-refractivity contribution in [3.63, 3.8) is 0 Å². The lowest BCUT2D eigenvalue weighted by atomic mass is 10.2. The summed E-state index contributed by atoms with van der Waals surface area (Å²) < 4.78 is 1.41. The molecule has 3 heterocycles. The highest BCUT2D eigenvalue weighted by molar-refractivity contribution is 5.79. The van der Waals surface area contributed by atoms with Crippen LogP contribution in [0.25, 0.3) is 11.2 Å². The lowest BCUT2D eigenvalue weighted by Gasteiger charge is -2.22. The van der Waals surface area contributed by atoms with Gasteiger partial charge in [0.15, 0.2) is 11.5 Å². The molecule has 1 aliphatic heterocycles. The molecule has 0 bridgehead atoms. The minimum absolute atomic E-state index is 0.193. The van der Waals surface area contributed by atoms with Gasteiger partial charge in [0, 0.05) is 19.8 Å². The Morgan fingerprint density at radius 1 is 1.50 bits per heavy atom. The van der Waals surface area contributed by atoms with Crippen molar-refractivity contribution in [3.8, 4) is 0 Å². The van der Waals surface area contributed by atoms with Crippen molar-refractivity contribution in [1.29, 1.82) is 0 Å². The van der Waals surface area contributed by atoms with Crippen molar-refractivity contribution in [2.24, 2.45) is 7.05 Å². The van der Waals surface area contributed by atoms with Crippen molar-refractivity contribution in [3.05, 3.63) is 28.7 Å².